The molecule has 10 heteroatoms. The quantitative estimate of drug-likeness (QED) is 0.328. The minimum Gasteiger partial charge on any atom is -0.384 e. The second-order valence-corrected chi connectivity index (χ2v) is 11.6. The molecule has 36 heavy (non-hydrogen) atoms. The third kappa shape index (κ3) is 7.03. The van der Waals surface area contributed by atoms with Gasteiger partial charge in [0.2, 0.25) is 10.0 Å². The summed E-state index contributed by atoms with van der Waals surface area (Å²) in [5.74, 6) is 0. The highest BCUT2D eigenvalue weighted by atomic mass is 32.2. The van der Waals surface area contributed by atoms with Crippen molar-refractivity contribution < 1.29 is 18.1 Å². The Labute approximate surface area is 214 Å². The summed E-state index contributed by atoms with van der Waals surface area (Å²) in [7, 11) is -0.691. The predicted octanol–water partition coefficient (Wildman–Crippen LogP) is 4.42. The highest BCUT2D eigenvalue weighted by Crippen LogP contribution is 2.32. The lowest BCUT2D eigenvalue weighted by molar-refractivity contribution is -0.385. The van der Waals surface area contributed by atoms with Crippen LogP contribution in [0.4, 0.5) is 11.4 Å². The first-order valence-corrected chi connectivity index (χ1v) is 13.9. The average Bonchev–Trinajstić information content (AvgIpc) is 2.86. The molecule has 0 spiro atoms. The molecule has 1 saturated heterocycles. The number of sulfonamides is 1. The molecule has 0 saturated carbocycles. The summed E-state index contributed by atoms with van der Waals surface area (Å²) in [6.45, 7) is 5.96. The van der Waals surface area contributed by atoms with Crippen LogP contribution in [0.15, 0.2) is 47.4 Å². The summed E-state index contributed by atoms with van der Waals surface area (Å²) < 4.78 is 34.2. The van der Waals surface area contributed by atoms with Crippen LogP contribution in [0.2, 0.25) is 0 Å². The van der Waals surface area contributed by atoms with Crippen LogP contribution in [-0.2, 0) is 21.3 Å². The highest BCUT2D eigenvalue weighted by molar-refractivity contribution is 7.89. The molecule has 1 heterocycles. The number of aryl methyl sites for hydroxylation is 1. The summed E-state index contributed by atoms with van der Waals surface area (Å²) in [5.41, 5.74) is 1.65. The van der Waals surface area contributed by atoms with Gasteiger partial charge >= 0.3 is 0 Å². The van der Waals surface area contributed by atoms with E-state index in [1.807, 2.05) is 25.1 Å². The van der Waals surface area contributed by atoms with E-state index in [0.29, 0.717) is 25.1 Å². The van der Waals surface area contributed by atoms with Crippen LogP contribution in [0.1, 0.15) is 43.7 Å². The molecule has 1 fully saturated rings. The van der Waals surface area contributed by atoms with Crippen molar-refractivity contribution in [1.82, 2.24) is 9.21 Å². The lowest BCUT2D eigenvalue weighted by Crippen LogP contribution is -2.46. The number of anilines is 1. The van der Waals surface area contributed by atoms with Gasteiger partial charge in [-0.15, -0.1) is 0 Å². The molecule has 2 atom stereocenters. The zero-order valence-corrected chi connectivity index (χ0v) is 22.5. The first kappa shape index (κ1) is 28.0. The first-order valence-electron chi connectivity index (χ1n) is 12.4. The maximum atomic E-state index is 13.8. The number of ether oxygens (including phenoxy) is 1. The number of rotatable bonds is 12. The molecule has 1 aliphatic heterocycles. The van der Waals surface area contributed by atoms with E-state index >= 15 is 0 Å². The molecule has 9 nitrogen and oxygen atoms in total. The van der Waals surface area contributed by atoms with E-state index in [2.05, 4.69) is 22.3 Å². The van der Waals surface area contributed by atoms with Gasteiger partial charge in [-0.1, -0.05) is 36.8 Å². The fourth-order valence-electron chi connectivity index (χ4n) is 4.60. The average molecular weight is 519 g/mol. The van der Waals surface area contributed by atoms with Crippen molar-refractivity contribution >= 4 is 21.4 Å². The number of nitro benzene ring substituents is 1. The van der Waals surface area contributed by atoms with Gasteiger partial charge in [0.25, 0.3) is 5.69 Å². The number of nitrogens with zero attached hydrogens (tertiary/aromatic N) is 3. The Morgan fingerprint density at radius 1 is 1.25 bits per heavy atom. The maximum absolute atomic E-state index is 13.8. The number of nitro groups is 1. The Kier molecular flexibility index (Phi) is 9.84. The largest absolute Gasteiger partial charge is 0.384 e. The summed E-state index contributed by atoms with van der Waals surface area (Å²) in [4.78, 5) is 13.5. The van der Waals surface area contributed by atoms with Crippen LogP contribution in [0.25, 0.3) is 0 Å². The molecule has 1 N–H and O–H groups in total. The highest BCUT2D eigenvalue weighted by Gasteiger charge is 2.31. The van der Waals surface area contributed by atoms with Gasteiger partial charge in [-0.3, -0.25) is 15.0 Å². The standard InChI is InChI=1S/C26H38N4O5S/c1-20-16-26(24(17-25(20)30(31)32)27-14-13-21(2)35-4)36(33,34)28(3)19-23-12-8-9-15-29(23)18-22-10-6-5-7-11-22/h5-7,10-11,16-17,21,23,27H,8-9,12-15,18-19H2,1-4H3/t21?,23-/m1/s1. The number of likely N-dealkylation sites (N-methyl/N-ethyl adjacent to an activating group) is 1. The number of hydrogen-bond acceptors (Lipinski definition) is 7. The van der Waals surface area contributed by atoms with Crippen LogP contribution < -0.4 is 5.32 Å². The van der Waals surface area contributed by atoms with Gasteiger partial charge in [0.05, 0.1) is 16.7 Å². The zero-order valence-electron chi connectivity index (χ0n) is 21.6. The van der Waals surface area contributed by atoms with Crippen molar-refractivity contribution in [2.75, 3.05) is 39.1 Å². The van der Waals surface area contributed by atoms with Crippen molar-refractivity contribution in [3.63, 3.8) is 0 Å². The van der Waals surface area contributed by atoms with Crippen LogP contribution >= 0.6 is 0 Å². The summed E-state index contributed by atoms with van der Waals surface area (Å²) in [6.07, 6.45) is 3.68. The van der Waals surface area contributed by atoms with Gasteiger partial charge in [-0.25, -0.2) is 8.42 Å². The third-order valence-corrected chi connectivity index (χ3v) is 8.76. The van der Waals surface area contributed by atoms with E-state index < -0.39 is 14.9 Å². The molecule has 0 bridgehead atoms. The van der Waals surface area contributed by atoms with Crippen LogP contribution in [-0.4, -0.2) is 68.5 Å². The predicted molar refractivity (Wildman–Crippen MR) is 142 cm³/mol. The Hall–Kier alpha value is -2.53. The molecule has 3 rings (SSSR count). The molecule has 0 radical (unpaired) electrons. The van der Waals surface area contributed by atoms with Gasteiger partial charge in [-0.2, -0.15) is 4.31 Å². The van der Waals surface area contributed by atoms with Crippen molar-refractivity contribution in [1.29, 1.82) is 0 Å². The van der Waals surface area contributed by atoms with Crippen LogP contribution in [0, 0.1) is 17.0 Å². The van der Waals surface area contributed by atoms with Crippen molar-refractivity contribution in [3.05, 3.63) is 63.7 Å². The van der Waals surface area contributed by atoms with E-state index in [0.717, 1.165) is 32.4 Å². The summed E-state index contributed by atoms with van der Waals surface area (Å²) >= 11 is 0. The fraction of sp³-hybridized carbons (Fsp3) is 0.538. The normalized spacial score (nSPS) is 17.8. The van der Waals surface area contributed by atoms with E-state index in [-0.39, 0.29) is 28.4 Å². The minimum atomic E-state index is -3.90. The minimum absolute atomic E-state index is 0.0254. The molecule has 0 amide bonds. The zero-order chi connectivity index (χ0) is 26.3. The number of methoxy groups -OCH3 is 1. The molecule has 198 valence electrons. The SMILES string of the molecule is COC(C)CCNc1cc([N+](=O)[O-])c(C)cc1S(=O)(=O)N(C)C[C@H]1CCCCN1Cc1ccccc1. The van der Waals surface area contributed by atoms with Crippen molar-refractivity contribution in [2.24, 2.45) is 0 Å². The molecule has 1 unspecified atom stereocenters. The third-order valence-electron chi connectivity index (χ3n) is 6.90. The van der Waals surface area contributed by atoms with E-state index in [9.17, 15) is 18.5 Å². The van der Waals surface area contributed by atoms with Gasteiger partial charge in [0.15, 0.2) is 0 Å². The smallest absolute Gasteiger partial charge is 0.274 e. The maximum Gasteiger partial charge on any atom is 0.274 e. The number of piperidine rings is 1. The second kappa shape index (κ2) is 12.6. The molecule has 2 aromatic rings. The monoisotopic (exact) mass is 518 g/mol. The number of nitrogens with one attached hydrogen (secondary N) is 1. The fourth-order valence-corrected chi connectivity index (χ4v) is 6.04. The van der Waals surface area contributed by atoms with E-state index in [4.69, 9.17) is 4.74 Å². The summed E-state index contributed by atoms with van der Waals surface area (Å²) in [5, 5.41) is 14.6. The Balaban J connectivity index is 1.84. The molecule has 0 aliphatic carbocycles. The second-order valence-electron chi connectivity index (χ2n) is 9.54. The number of likely N-dealkylation sites (tertiary alicyclic amines) is 1. The van der Waals surface area contributed by atoms with Crippen molar-refractivity contribution in [2.45, 2.75) is 63.1 Å². The topological polar surface area (TPSA) is 105 Å². The van der Waals surface area contributed by atoms with Crippen LogP contribution in [0.5, 0.6) is 0 Å². The number of hydrogen-bond donors (Lipinski definition) is 1. The van der Waals surface area contributed by atoms with Gasteiger partial charge in [0.1, 0.15) is 4.90 Å². The van der Waals surface area contributed by atoms with Gasteiger partial charge in [-0.05, 0) is 51.3 Å². The lowest BCUT2D eigenvalue weighted by Gasteiger charge is -2.37. The van der Waals surface area contributed by atoms with Gasteiger partial charge in [0, 0.05) is 51.5 Å². The molecule has 1 aliphatic rings. The first-order chi connectivity index (χ1) is 17.1. The summed E-state index contributed by atoms with van der Waals surface area (Å²) in [6, 6.07) is 13.0. The Morgan fingerprint density at radius 3 is 2.64 bits per heavy atom. The van der Waals surface area contributed by atoms with E-state index in [1.54, 1.807) is 21.1 Å². The molecular formula is C26H38N4O5S. The molecule has 0 aromatic heterocycles. The van der Waals surface area contributed by atoms with Crippen molar-refractivity contribution in [3.8, 4) is 0 Å². The van der Waals surface area contributed by atoms with Crippen LogP contribution in [0.3, 0.4) is 0 Å². The molecular weight excluding hydrogens is 480 g/mol. The Bertz CT molecular complexity index is 1130. The Morgan fingerprint density at radius 2 is 1.97 bits per heavy atom. The van der Waals surface area contributed by atoms with Gasteiger partial charge < -0.3 is 10.1 Å². The molecule has 2 aromatic carbocycles. The number of benzene rings is 2. The van der Waals surface area contributed by atoms with E-state index in [1.165, 1.54) is 22.0 Å². The lowest BCUT2D eigenvalue weighted by atomic mass is 10.0.